The molecule has 0 N–H and O–H groups in total. The summed E-state index contributed by atoms with van der Waals surface area (Å²) >= 11 is 0. The highest BCUT2D eigenvalue weighted by molar-refractivity contribution is 7.91. The summed E-state index contributed by atoms with van der Waals surface area (Å²) in [7, 11) is -3.06. The molecule has 0 aliphatic rings. The summed E-state index contributed by atoms with van der Waals surface area (Å²) in [5, 5.41) is -0.462. The molecule has 16 heavy (non-hydrogen) atoms. The molecular weight excluding hydrogens is 224 g/mol. The largest absolute Gasteiger partial charge is 0.303 e. The average Bonchev–Trinajstić information content (AvgIpc) is 2.20. The van der Waals surface area contributed by atoms with Crippen LogP contribution in [0.25, 0.3) is 0 Å². The molecular formula is C12H24O3S. The summed E-state index contributed by atoms with van der Waals surface area (Å²) in [6, 6.07) is 0. The number of rotatable bonds is 10. The fraction of sp³-hybridized carbons (Fsp3) is 0.917. The molecule has 0 aromatic carbocycles. The van der Waals surface area contributed by atoms with Gasteiger partial charge in [-0.15, -0.1) is 0 Å². The Hall–Kier alpha value is -0.380. The molecule has 0 heterocycles. The molecule has 1 atom stereocenters. The minimum absolute atomic E-state index is 0.147. The van der Waals surface area contributed by atoms with Gasteiger partial charge in [0.25, 0.3) is 0 Å². The van der Waals surface area contributed by atoms with Gasteiger partial charge in [0.15, 0.2) is 9.84 Å². The van der Waals surface area contributed by atoms with Crippen LogP contribution in [0.3, 0.4) is 0 Å². The molecule has 3 nitrogen and oxygen atoms in total. The first-order chi connectivity index (χ1) is 7.52. The Balaban J connectivity index is 3.74. The number of hydrogen-bond donors (Lipinski definition) is 0. The lowest BCUT2D eigenvalue weighted by molar-refractivity contribution is -0.107. The van der Waals surface area contributed by atoms with Crippen molar-refractivity contribution in [3.8, 4) is 0 Å². The van der Waals surface area contributed by atoms with Gasteiger partial charge in [0, 0.05) is 12.7 Å². The highest BCUT2D eigenvalue weighted by atomic mass is 32.2. The van der Waals surface area contributed by atoms with Gasteiger partial charge in [-0.1, -0.05) is 45.4 Å². The van der Waals surface area contributed by atoms with Crippen molar-refractivity contribution < 1.29 is 13.2 Å². The molecule has 0 aliphatic heterocycles. The number of hydrogen-bond acceptors (Lipinski definition) is 3. The van der Waals surface area contributed by atoms with Gasteiger partial charge in [0.2, 0.25) is 0 Å². The van der Waals surface area contributed by atoms with E-state index in [0.717, 1.165) is 12.8 Å². The Morgan fingerprint density at radius 2 is 1.62 bits per heavy atom. The predicted octanol–water partition coefficient (Wildman–Crippen LogP) is 2.74. The second kappa shape index (κ2) is 8.74. The minimum atomic E-state index is -3.06. The molecule has 1 unspecified atom stereocenters. The molecule has 0 saturated carbocycles. The molecule has 4 heteroatoms. The molecule has 0 saturated heterocycles. The fourth-order valence-corrected chi connectivity index (χ4v) is 2.79. The highest BCUT2D eigenvalue weighted by Crippen LogP contribution is 2.14. The molecule has 0 radical (unpaired) electrons. The van der Waals surface area contributed by atoms with Gasteiger partial charge in [-0.05, 0) is 6.42 Å². The molecule has 0 aromatic heterocycles. The van der Waals surface area contributed by atoms with Crippen LogP contribution in [-0.4, -0.2) is 26.2 Å². The monoisotopic (exact) mass is 248 g/mol. The zero-order valence-electron chi connectivity index (χ0n) is 10.4. The lowest BCUT2D eigenvalue weighted by Gasteiger charge is -2.11. The van der Waals surface area contributed by atoms with E-state index in [1.54, 1.807) is 0 Å². The first kappa shape index (κ1) is 15.6. The van der Waals surface area contributed by atoms with Gasteiger partial charge in [0.05, 0.1) is 5.25 Å². The third kappa shape index (κ3) is 7.85. The Bertz CT molecular complexity index is 270. The predicted molar refractivity (Wildman–Crippen MR) is 67.3 cm³/mol. The van der Waals surface area contributed by atoms with Gasteiger partial charge in [0.1, 0.15) is 6.29 Å². The van der Waals surface area contributed by atoms with E-state index in [-0.39, 0.29) is 6.42 Å². The number of carbonyl (C=O) groups excluding carboxylic acids is 1. The number of aldehydes is 1. The van der Waals surface area contributed by atoms with Crippen molar-refractivity contribution in [2.45, 2.75) is 63.5 Å². The maximum absolute atomic E-state index is 11.3. The topological polar surface area (TPSA) is 51.2 Å². The van der Waals surface area contributed by atoms with Crippen LogP contribution in [-0.2, 0) is 14.6 Å². The van der Waals surface area contributed by atoms with Gasteiger partial charge in [-0.2, -0.15) is 0 Å². The molecule has 0 rings (SSSR count). The van der Waals surface area contributed by atoms with E-state index in [2.05, 4.69) is 6.92 Å². The third-order valence-electron chi connectivity index (χ3n) is 2.84. The first-order valence-electron chi connectivity index (χ1n) is 6.14. The quantitative estimate of drug-likeness (QED) is 0.441. The Morgan fingerprint density at radius 1 is 1.06 bits per heavy atom. The fourth-order valence-electron chi connectivity index (χ4n) is 1.77. The maximum Gasteiger partial charge on any atom is 0.150 e. The van der Waals surface area contributed by atoms with E-state index in [0.29, 0.717) is 12.7 Å². The number of unbranched alkanes of at least 4 members (excludes halogenated alkanes) is 5. The highest BCUT2D eigenvalue weighted by Gasteiger charge is 2.19. The van der Waals surface area contributed by atoms with Crippen molar-refractivity contribution in [1.29, 1.82) is 0 Å². The van der Waals surface area contributed by atoms with E-state index in [4.69, 9.17) is 0 Å². The van der Waals surface area contributed by atoms with E-state index >= 15 is 0 Å². The van der Waals surface area contributed by atoms with E-state index in [1.165, 1.54) is 31.9 Å². The lowest BCUT2D eigenvalue weighted by Crippen LogP contribution is -2.20. The van der Waals surface area contributed by atoms with Crippen molar-refractivity contribution in [1.82, 2.24) is 0 Å². The van der Waals surface area contributed by atoms with Gasteiger partial charge in [-0.3, -0.25) is 0 Å². The summed E-state index contributed by atoms with van der Waals surface area (Å²) in [6.45, 7) is 2.17. The standard InChI is InChI=1S/C12H24O3S/c1-3-4-5-6-7-8-9-12(10-11-13)16(2,14)15/h11-12H,3-10H2,1-2H3. The normalized spacial score (nSPS) is 13.6. The summed E-state index contributed by atoms with van der Waals surface area (Å²) in [5.41, 5.74) is 0. The minimum Gasteiger partial charge on any atom is -0.303 e. The second-order valence-corrected chi connectivity index (χ2v) is 6.74. The van der Waals surface area contributed by atoms with E-state index < -0.39 is 15.1 Å². The second-order valence-electron chi connectivity index (χ2n) is 4.41. The van der Waals surface area contributed by atoms with Crippen LogP contribution in [0.4, 0.5) is 0 Å². The van der Waals surface area contributed by atoms with Gasteiger partial charge in [-0.25, -0.2) is 8.42 Å². The van der Waals surface area contributed by atoms with Crippen molar-refractivity contribution in [2.75, 3.05) is 6.26 Å². The third-order valence-corrected chi connectivity index (χ3v) is 4.48. The summed E-state index contributed by atoms with van der Waals surface area (Å²) in [6.07, 6.45) is 9.57. The van der Waals surface area contributed by atoms with Crippen LogP contribution in [0.15, 0.2) is 0 Å². The Kier molecular flexibility index (Phi) is 8.53. The zero-order valence-corrected chi connectivity index (χ0v) is 11.3. The molecule has 0 amide bonds. The number of carbonyl (C=O) groups is 1. The summed E-state index contributed by atoms with van der Waals surface area (Å²) in [4.78, 5) is 10.4. The SMILES string of the molecule is CCCCCCCCC(CC=O)S(C)(=O)=O. The zero-order chi connectivity index (χ0) is 12.4. The first-order valence-corrected chi connectivity index (χ1v) is 8.10. The van der Waals surface area contributed by atoms with E-state index in [9.17, 15) is 13.2 Å². The van der Waals surface area contributed by atoms with Crippen LogP contribution < -0.4 is 0 Å². The Morgan fingerprint density at radius 3 is 2.12 bits per heavy atom. The molecule has 0 aliphatic carbocycles. The van der Waals surface area contributed by atoms with Crippen LogP contribution in [0.1, 0.15) is 58.3 Å². The maximum atomic E-state index is 11.3. The molecule has 96 valence electrons. The van der Waals surface area contributed by atoms with Crippen LogP contribution in [0.2, 0.25) is 0 Å². The molecule has 0 bridgehead atoms. The van der Waals surface area contributed by atoms with Crippen molar-refractivity contribution in [2.24, 2.45) is 0 Å². The summed E-state index contributed by atoms with van der Waals surface area (Å²) in [5.74, 6) is 0. The molecule has 0 spiro atoms. The van der Waals surface area contributed by atoms with Crippen LogP contribution >= 0.6 is 0 Å². The Labute approximate surface area is 99.5 Å². The summed E-state index contributed by atoms with van der Waals surface area (Å²) < 4.78 is 22.7. The average molecular weight is 248 g/mol. The van der Waals surface area contributed by atoms with Crippen molar-refractivity contribution in [3.05, 3.63) is 0 Å². The molecule has 0 fully saturated rings. The van der Waals surface area contributed by atoms with Crippen LogP contribution in [0, 0.1) is 0 Å². The van der Waals surface area contributed by atoms with Crippen molar-refractivity contribution in [3.63, 3.8) is 0 Å². The van der Waals surface area contributed by atoms with Crippen molar-refractivity contribution >= 4 is 16.1 Å². The molecule has 0 aromatic rings. The lowest BCUT2D eigenvalue weighted by atomic mass is 10.1. The smallest absolute Gasteiger partial charge is 0.150 e. The van der Waals surface area contributed by atoms with Gasteiger partial charge >= 0.3 is 0 Å². The van der Waals surface area contributed by atoms with Crippen LogP contribution in [0.5, 0.6) is 0 Å². The van der Waals surface area contributed by atoms with E-state index in [1.807, 2.05) is 0 Å². The number of sulfone groups is 1. The van der Waals surface area contributed by atoms with Gasteiger partial charge < -0.3 is 4.79 Å².